The number of hydrogen-bond acceptors (Lipinski definition) is 2. The van der Waals surface area contributed by atoms with Gasteiger partial charge in [-0.25, -0.2) is 0 Å². The van der Waals surface area contributed by atoms with Crippen LogP contribution in [0.15, 0.2) is 40.9 Å². The summed E-state index contributed by atoms with van der Waals surface area (Å²) in [7, 11) is 0. The summed E-state index contributed by atoms with van der Waals surface area (Å²) in [6, 6.07) is 11.6. The number of benzene rings is 2. The second-order valence-electron chi connectivity index (χ2n) is 4.71. The molecule has 1 N–H and O–H groups in total. The first-order valence-corrected chi connectivity index (χ1v) is 6.99. The maximum absolute atomic E-state index is 9.58. The lowest BCUT2D eigenvalue weighted by atomic mass is 10.1. The summed E-state index contributed by atoms with van der Waals surface area (Å²) in [6.45, 7) is 5.88. The van der Waals surface area contributed by atoms with Crippen LogP contribution >= 0.6 is 15.9 Å². The van der Waals surface area contributed by atoms with Crippen molar-refractivity contribution in [2.75, 3.05) is 0 Å². The zero-order valence-electron chi connectivity index (χ0n) is 11.3. The van der Waals surface area contributed by atoms with E-state index in [0.717, 1.165) is 21.5 Å². The van der Waals surface area contributed by atoms with Gasteiger partial charge in [0.1, 0.15) is 11.5 Å². The molecule has 100 valence electrons. The molecule has 3 heteroatoms. The van der Waals surface area contributed by atoms with E-state index in [-0.39, 0.29) is 0 Å². The molecular weight excluding hydrogens is 304 g/mol. The molecule has 0 bridgehead atoms. The van der Waals surface area contributed by atoms with Gasteiger partial charge in [-0.3, -0.25) is 0 Å². The summed E-state index contributed by atoms with van der Waals surface area (Å²) in [4.78, 5) is 0. The standard InChI is InChI=1S/C16H17BrO2/c1-10-4-5-13(8-11(10)2)19-14-6-7-15(12(3)18)16(17)9-14/h4-9,12,18H,1-3H3/t12-/m0/s1. The maximum atomic E-state index is 9.58. The lowest BCUT2D eigenvalue weighted by molar-refractivity contribution is 0.198. The number of ether oxygens (including phenoxy) is 1. The molecule has 2 aromatic rings. The van der Waals surface area contributed by atoms with Crippen molar-refractivity contribution >= 4 is 15.9 Å². The predicted octanol–water partition coefficient (Wildman–Crippen LogP) is 4.91. The summed E-state index contributed by atoms with van der Waals surface area (Å²) < 4.78 is 6.67. The Morgan fingerprint density at radius 2 is 1.63 bits per heavy atom. The first-order valence-electron chi connectivity index (χ1n) is 6.20. The fraction of sp³-hybridized carbons (Fsp3) is 0.250. The maximum Gasteiger partial charge on any atom is 0.128 e. The predicted molar refractivity (Wildman–Crippen MR) is 80.8 cm³/mol. The Balaban J connectivity index is 2.24. The molecule has 0 saturated heterocycles. The Labute approximate surface area is 122 Å². The van der Waals surface area contributed by atoms with Crippen LogP contribution < -0.4 is 4.74 Å². The van der Waals surface area contributed by atoms with Crippen LogP contribution in [-0.2, 0) is 0 Å². The van der Waals surface area contributed by atoms with E-state index < -0.39 is 6.10 Å². The third-order valence-electron chi connectivity index (χ3n) is 3.14. The molecule has 2 rings (SSSR count). The van der Waals surface area contributed by atoms with Crippen LogP contribution in [0.1, 0.15) is 29.7 Å². The molecule has 0 aromatic heterocycles. The van der Waals surface area contributed by atoms with E-state index in [2.05, 4.69) is 29.8 Å². The van der Waals surface area contributed by atoms with Gasteiger partial charge in [0, 0.05) is 4.47 Å². The van der Waals surface area contributed by atoms with E-state index in [4.69, 9.17) is 4.74 Å². The molecule has 0 amide bonds. The second-order valence-corrected chi connectivity index (χ2v) is 5.56. The Bertz CT molecular complexity index is 591. The molecule has 19 heavy (non-hydrogen) atoms. The first kappa shape index (κ1) is 14.1. The number of aryl methyl sites for hydroxylation is 2. The average molecular weight is 321 g/mol. The van der Waals surface area contributed by atoms with Crippen LogP contribution in [0, 0.1) is 13.8 Å². The summed E-state index contributed by atoms with van der Waals surface area (Å²) in [6.07, 6.45) is -0.495. The molecule has 1 atom stereocenters. The van der Waals surface area contributed by atoms with Crippen LogP contribution in [0.3, 0.4) is 0 Å². The van der Waals surface area contributed by atoms with Gasteiger partial charge in [0.25, 0.3) is 0 Å². The number of aliphatic hydroxyl groups excluding tert-OH is 1. The highest BCUT2D eigenvalue weighted by Gasteiger charge is 2.08. The lowest BCUT2D eigenvalue weighted by Gasteiger charge is -2.11. The Morgan fingerprint density at radius 3 is 2.21 bits per heavy atom. The minimum absolute atomic E-state index is 0.495. The third-order valence-corrected chi connectivity index (χ3v) is 3.82. The van der Waals surface area contributed by atoms with E-state index in [1.165, 1.54) is 11.1 Å². The van der Waals surface area contributed by atoms with Gasteiger partial charge < -0.3 is 9.84 Å². The molecule has 0 aliphatic rings. The summed E-state index contributed by atoms with van der Waals surface area (Å²) in [5.74, 6) is 1.57. The van der Waals surface area contributed by atoms with Crippen molar-refractivity contribution in [2.45, 2.75) is 26.9 Å². The fourth-order valence-corrected chi connectivity index (χ4v) is 2.51. The van der Waals surface area contributed by atoms with Gasteiger partial charge in [-0.2, -0.15) is 0 Å². The molecule has 2 aromatic carbocycles. The van der Waals surface area contributed by atoms with Crippen molar-refractivity contribution in [1.29, 1.82) is 0 Å². The Morgan fingerprint density at radius 1 is 1.00 bits per heavy atom. The van der Waals surface area contributed by atoms with Crippen LogP contribution in [0.25, 0.3) is 0 Å². The van der Waals surface area contributed by atoms with Crippen molar-refractivity contribution in [3.05, 3.63) is 57.6 Å². The van der Waals surface area contributed by atoms with Gasteiger partial charge in [-0.1, -0.05) is 28.1 Å². The molecule has 0 heterocycles. The van der Waals surface area contributed by atoms with Gasteiger partial charge in [-0.05, 0) is 61.7 Å². The van der Waals surface area contributed by atoms with Crippen molar-refractivity contribution < 1.29 is 9.84 Å². The number of rotatable bonds is 3. The van der Waals surface area contributed by atoms with Crippen LogP contribution in [0.4, 0.5) is 0 Å². The molecule has 0 radical (unpaired) electrons. The second kappa shape index (κ2) is 5.76. The van der Waals surface area contributed by atoms with Gasteiger partial charge in [-0.15, -0.1) is 0 Å². The Hall–Kier alpha value is -1.32. The quantitative estimate of drug-likeness (QED) is 0.870. The van der Waals surface area contributed by atoms with E-state index in [1.54, 1.807) is 6.92 Å². The van der Waals surface area contributed by atoms with Crippen LogP contribution in [-0.4, -0.2) is 5.11 Å². The zero-order chi connectivity index (χ0) is 14.0. The van der Waals surface area contributed by atoms with Crippen molar-refractivity contribution in [2.24, 2.45) is 0 Å². The smallest absolute Gasteiger partial charge is 0.128 e. The minimum atomic E-state index is -0.495. The van der Waals surface area contributed by atoms with Gasteiger partial charge in [0.2, 0.25) is 0 Å². The van der Waals surface area contributed by atoms with E-state index in [9.17, 15) is 5.11 Å². The Kier molecular flexibility index (Phi) is 4.27. The van der Waals surface area contributed by atoms with Crippen LogP contribution in [0.5, 0.6) is 11.5 Å². The zero-order valence-corrected chi connectivity index (χ0v) is 12.9. The molecule has 0 fully saturated rings. The van der Waals surface area contributed by atoms with E-state index in [1.807, 2.05) is 36.4 Å². The molecular formula is C16H17BrO2. The molecule has 0 unspecified atom stereocenters. The summed E-state index contributed by atoms with van der Waals surface area (Å²) in [5.41, 5.74) is 3.31. The van der Waals surface area contributed by atoms with Gasteiger partial charge >= 0.3 is 0 Å². The summed E-state index contributed by atoms with van der Waals surface area (Å²) >= 11 is 3.45. The fourth-order valence-electron chi connectivity index (χ4n) is 1.82. The molecule has 0 aliphatic heterocycles. The topological polar surface area (TPSA) is 29.5 Å². The highest BCUT2D eigenvalue weighted by molar-refractivity contribution is 9.10. The van der Waals surface area contributed by atoms with Gasteiger partial charge in [0.15, 0.2) is 0 Å². The van der Waals surface area contributed by atoms with E-state index >= 15 is 0 Å². The number of halogens is 1. The normalized spacial score (nSPS) is 12.3. The summed E-state index contributed by atoms with van der Waals surface area (Å²) in [5, 5.41) is 9.58. The van der Waals surface area contributed by atoms with E-state index in [0.29, 0.717) is 0 Å². The number of hydrogen-bond donors (Lipinski definition) is 1. The first-order chi connectivity index (χ1) is 8.97. The highest BCUT2D eigenvalue weighted by Crippen LogP contribution is 2.30. The largest absolute Gasteiger partial charge is 0.457 e. The van der Waals surface area contributed by atoms with Gasteiger partial charge in [0.05, 0.1) is 6.10 Å². The van der Waals surface area contributed by atoms with Crippen LogP contribution in [0.2, 0.25) is 0 Å². The average Bonchev–Trinajstić information content (AvgIpc) is 2.33. The third kappa shape index (κ3) is 3.37. The van der Waals surface area contributed by atoms with Crippen molar-refractivity contribution in [1.82, 2.24) is 0 Å². The molecule has 0 aliphatic carbocycles. The minimum Gasteiger partial charge on any atom is -0.457 e. The lowest BCUT2D eigenvalue weighted by Crippen LogP contribution is -1.93. The van der Waals surface area contributed by atoms with Crippen molar-refractivity contribution in [3.8, 4) is 11.5 Å². The SMILES string of the molecule is Cc1ccc(Oc2ccc([C@H](C)O)c(Br)c2)cc1C. The number of aliphatic hydroxyl groups is 1. The molecule has 0 spiro atoms. The monoisotopic (exact) mass is 320 g/mol. The highest BCUT2D eigenvalue weighted by atomic mass is 79.9. The molecule has 0 saturated carbocycles. The van der Waals surface area contributed by atoms with Crippen molar-refractivity contribution in [3.63, 3.8) is 0 Å². The molecule has 2 nitrogen and oxygen atoms in total.